The summed E-state index contributed by atoms with van der Waals surface area (Å²) in [6, 6.07) is 11.7. The Labute approximate surface area is 168 Å². The molecular weight excluding hydrogens is 372 g/mol. The first-order valence-electron chi connectivity index (χ1n) is 9.66. The Morgan fingerprint density at radius 1 is 1.25 bits per heavy atom. The number of hydrogen-bond donors (Lipinski definition) is 0. The lowest BCUT2D eigenvalue weighted by atomic mass is 10.0. The first-order valence-corrected chi connectivity index (χ1v) is 10.6. The van der Waals surface area contributed by atoms with E-state index in [4.69, 9.17) is 9.26 Å². The van der Waals surface area contributed by atoms with Crippen LogP contribution in [0.3, 0.4) is 0 Å². The summed E-state index contributed by atoms with van der Waals surface area (Å²) in [6.45, 7) is 0.776. The summed E-state index contributed by atoms with van der Waals surface area (Å²) in [5.41, 5.74) is 2.87. The lowest BCUT2D eigenvalue weighted by Gasteiger charge is -2.28. The van der Waals surface area contributed by atoms with Crippen molar-refractivity contribution in [3.05, 3.63) is 58.4 Å². The van der Waals surface area contributed by atoms with Crippen molar-refractivity contribution in [2.24, 2.45) is 0 Å². The summed E-state index contributed by atoms with van der Waals surface area (Å²) in [4.78, 5) is 15.0. The Balaban J connectivity index is 1.56. The first-order chi connectivity index (χ1) is 13.7. The Morgan fingerprint density at radius 3 is 2.86 bits per heavy atom. The maximum atomic E-state index is 13.0. The number of rotatable bonds is 5. The zero-order valence-electron chi connectivity index (χ0n) is 16.0. The maximum Gasteiger partial charge on any atom is 0.227 e. The molecule has 3 heterocycles. The van der Waals surface area contributed by atoms with Crippen molar-refractivity contribution in [3.8, 4) is 17.1 Å². The SMILES string of the molecule is COc1ccc(-c2cc(C3CCCCCN3C(=O)Cc3ccsc3)no2)cc1. The number of methoxy groups -OCH3 is 1. The third kappa shape index (κ3) is 4.12. The molecule has 6 heteroatoms. The zero-order chi connectivity index (χ0) is 19.3. The van der Waals surface area contributed by atoms with Gasteiger partial charge in [0, 0.05) is 18.2 Å². The third-order valence-corrected chi connectivity index (χ3v) is 5.98. The number of thiophene rings is 1. The molecular formula is C22H24N2O3S. The minimum atomic E-state index is -0.0237. The predicted octanol–water partition coefficient (Wildman–Crippen LogP) is 5.10. The van der Waals surface area contributed by atoms with E-state index in [9.17, 15) is 4.79 Å². The van der Waals surface area contributed by atoms with Crippen molar-refractivity contribution in [1.82, 2.24) is 10.1 Å². The van der Waals surface area contributed by atoms with Crippen molar-refractivity contribution in [2.45, 2.75) is 38.1 Å². The van der Waals surface area contributed by atoms with Crippen LogP contribution in [0.4, 0.5) is 0 Å². The number of carbonyl (C=O) groups excluding carboxylic acids is 1. The van der Waals surface area contributed by atoms with E-state index in [1.165, 1.54) is 0 Å². The number of ether oxygens (including phenoxy) is 1. The van der Waals surface area contributed by atoms with Crippen LogP contribution in [0, 0.1) is 0 Å². The van der Waals surface area contributed by atoms with E-state index < -0.39 is 0 Å². The van der Waals surface area contributed by atoms with Crippen molar-refractivity contribution in [1.29, 1.82) is 0 Å². The van der Waals surface area contributed by atoms with E-state index in [1.54, 1.807) is 18.4 Å². The number of carbonyl (C=O) groups is 1. The maximum absolute atomic E-state index is 13.0. The van der Waals surface area contributed by atoms with Crippen molar-refractivity contribution >= 4 is 17.2 Å². The second-order valence-electron chi connectivity index (χ2n) is 7.11. The molecule has 1 aromatic carbocycles. The van der Waals surface area contributed by atoms with E-state index in [1.807, 2.05) is 52.1 Å². The molecule has 0 bridgehead atoms. The largest absolute Gasteiger partial charge is 0.497 e. The normalized spacial score (nSPS) is 17.3. The number of hydrogen-bond acceptors (Lipinski definition) is 5. The Bertz CT molecular complexity index is 902. The number of nitrogens with zero attached hydrogens (tertiary/aromatic N) is 2. The van der Waals surface area contributed by atoms with Crippen LogP contribution in [0.1, 0.15) is 43.0 Å². The highest BCUT2D eigenvalue weighted by molar-refractivity contribution is 7.08. The van der Waals surface area contributed by atoms with E-state index >= 15 is 0 Å². The van der Waals surface area contributed by atoms with Gasteiger partial charge in [0.25, 0.3) is 0 Å². The van der Waals surface area contributed by atoms with Crippen LogP contribution in [0.2, 0.25) is 0 Å². The number of likely N-dealkylation sites (tertiary alicyclic amines) is 1. The molecule has 0 radical (unpaired) electrons. The van der Waals surface area contributed by atoms with Gasteiger partial charge in [0.1, 0.15) is 11.4 Å². The highest BCUT2D eigenvalue weighted by Gasteiger charge is 2.29. The molecule has 0 N–H and O–H groups in total. The van der Waals surface area contributed by atoms with Gasteiger partial charge in [0.05, 0.1) is 19.6 Å². The second-order valence-corrected chi connectivity index (χ2v) is 7.89. The molecule has 0 spiro atoms. The van der Waals surface area contributed by atoms with Gasteiger partial charge in [-0.25, -0.2) is 0 Å². The summed E-state index contributed by atoms with van der Waals surface area (Å²) in [7, 11) is 1.65. The van der Waals surface area contributed by atoms with Crippen LogP contribution in [0.5, 0.6) is 5.75 Å². The smallest absolute Gasteiger partial charge is 0.227 e. The molecule has 28 heavy (non-hydrogen) atoms. The monoisotopic (exact) mass is 396 g/mol. The summed E-state index contributed by atoms with van der Waals surface area (Å²) in [6.07, 6.45) is 4.64. The van der Waals surface area contributed by atoms with E-state index in [-0.39, 0.29) is 11.9 Å². The minimum Gasteiger partial charge on any atom is -0.497 e. The average molecular weight is 397 g/mol. The highest BCUT2D eigenvalue weighted by Crippen LogP contribution is 2.33. The van der Waals surface area contributed by atoms with Crippen LogP contribution in [-0.4, -0.2) is 29.6 Å². The standard InChI is InChI=1S/C22H24N2O3S/c1-26-18-8-6-17(7-9-18)21-14-19(23-27-21)20-5-3-2-4-11-24(20)22(25)13-16-10-12-28-15-16/h6-10,12,14-15,20H,2-5,11,13H2,1H3. The third-order valence-electron chi connectivity index (χ3n) is 5.25. The van der Waals surface area contributed by atoms with Crippen LogP contribution in [0.25, 0.3) is 11.3 Å². The van der Waals surface area contributed by atoms with Gasteiger partial charge in [-0.05, 0) is 59.5 Å². The molecule has 4 rings (SSSR count). The van der Waals surface area contributed by atoms with E-state index in [0.29, 0.717) is 12.2 Å². The fourth-order valence-electron chi connectivity index (χ4n) is 3.72. The van der Waals surface area contributed by atoms with Crippen molar-refractivity contribution < 1.29 is 14.1 Å². The molecule has 1 fully saturated rings. The second kappa shape index (κ2) is 8.61. The van der Waals surface area contributed by atoms with Gasteiger partial charge in [-0.1, -0.05) is 18.0 Å². The summed E-state index contributed by atoms with van der Waals surface area (Å²) in [5.74, 6) is 1.68. The molecule has 2 aromatic heterocycles. The minimum absolute atomic E-state index is 0.0237. The fourth-order valence-corrected chi connectivity index (χ4v) is 4.39. The molecule has 146 valence electrons. The topological polar surface area (TPSA) is 55.6 Å². The van der Waals surface area contributed by atoms with E-state index in [0.717, 1.165) is 54.8 Å². The molecule has 1 atom stereocenters. The molecule has 1 aliphatic rings. The molecule has 0 aliphatic carbocycles. The van der Waals surface area contributed by atoms with Crippen LogP contribution < -0.4 is 4.74 Å². The van der Waals surface area contributed by atoms with Crippen LogP contribution in [-0.2, 0) is 11.2 Å². The van der Waals surface area contributed by atoms with Crippen molar-refractivity contribution in [2.75, 3.05) is 13.7 Å². The molecule has 0 saturated carbocycles. The summed E-state index contributed by atoms with van der Waals surface area (Å²) >= 11 is 1.63. The van der Waals surface area contributed by atoms with Crippen LogP contribution in [0.15, 0.2) is 51.7 Å². The summed E-state index contributed by atoms with van der Waals surface area (Å²) < 4.78 is 10.8. The number of aromatic nitrogens is 1. The molecule has 3 aromatic rings. The Hall–Kier alpha value is -2.60. The molecule has 5 nitrogen and oxygen atoms in total. The average Bonchev–Trinajstić information content (AvgIpc) is 3.35. The quantitative estimate of drug-likeness (QED) is 0.602. The zero-order valence-corrected chi connectivity index (χ0v) is 16.8. The number of benzene rings is 1. The predicted molar refractivity (Wildman–Crippen MR) is 109 cm³/mol. The van der Waals surface area contributed by atoms with Crippen LogP contribution >= 0.6 is 11.3 Å². The van der Waals surface area contributed by atoms with Gasteiger partial charge in [-0.15, -0.1) is 0 Å². The van der Waals surface area contributed by atoms with Gasteiger partial charge >= 0.3 is 0 Å². The van der Waals surface area contributed by atoms with Crippen molar-refractivity contribution in [3.63, 3.8) is 0 Å². The lowest BCUT2D eigenvalue weighted by Crippen LogP contribution is -2.36. The Morgan fingerprint density at radius 2 is 2.11 bits per heavy atom. The van der Waals surface area contributed by atoms with E-state index in [2.05, 4.69) is 5.16 Å². The first kappa shape index (κ1) is 18.7. The Kier molecular flexibility index (Phi) is 5.76. The summed E-state index contributed by atoms with van der Waals surface area (Å²) in [5, 5.41) is 8.39. The number of amides is 1. The van der Waals surface area contributed by atoms with Gasteiger partial charge in [0.15, 0.2) is 5.76 Å². The van der Waals surface area contributed by atoms with Gasteiger partial charge in [-0.3, -0.25) is 4.79 Å². The molecule has 1 aliphatic heterocycles. The molecule has 1 saturated heterocycles. The van der Waals surface area contributed by atoms with Gasteiger partial charge in [0.2, 0.25) is 5.91 Å². The van der Waals surface area contributed by atoms with Gasteiger partial charge in [-0.2, -0.15) is 11.3 Å². The van der Waals surface area contributed by atoms with Gasteiger partial charge < -0.3 is 14.2 Å². The highest BCUT2D eigenvalue weighted by atomic mass is 32.1. The fraction of sp³-hybridized carbons (Fsp3) is 0.364. The lowest BCUT2D eigenvalue weighted by molar-refractivity contribution is -0.133. The molecule has 1 unspecified atom stereocenters. The molecule has 1 amide bonds.